The van der Waals surface area contributed by atoms with Crippen molar-refractivity contribution in [2.24, 2.45) is 0 Å². The smallest absolute Gasteiger partial charge is 0.259 e. The molecule has 0 bridgehead atoms. The highest BCUT2D eigenvalue weighted by Crippen LogP contribution is 2.21. The molecule has 3 aromatic rings. The molecule has 0 atom stereocenters. The number of rotatable bonds is 8. The predicted octanol–water partition coefficient (Wildman–Crippen LogP) is 2.72. The topological polar surface area (TPSA) is 101 Å². The molecular weight excluding hydrogens is 418 g/mol. The molecule has 0 spiro atoms. The summed E-state index contributed by atoms with van der Waals surface area (Å²) in [6.45, 7) is -0.0577. The highest BCUT2D eigenvalue weighted by atomic mass is 32.1. The second-order valence-corrected chi connectivity index (χ2v) is 7.20. The first-order chi connectivity index (χ1) is 14.9. The third-order valence-electron chi connectivity index (χ3n) is 4.41. The minimum absolute atomic E-state index is 0.00765. The Balaban J connectivity index is 1.64. The van der Waals surface area contributed by atoms with Gasteiger partial charge in [0.1, 0.15) is 18.0 Å². The number of nitrogens with zero attached hydrogens (tertiary/aromatic N) is 3. The van der Waals surface area contributed by atoms with Gasteiger partial charge < -0.3 is 19.7 Å². The highest BCUT2D eigenvalue weighted by molar-refractivity contribution is 7.71. The Morgan fingerprint density at radius 1 is 1.10 bits per heavy atom. The standard InChI is InChI=1S/C21H23N5O4S/c1-25(2)19(28)13-30-17-10-6-15(7-11-17)22-18(27)12-26-20(23-24-21(26)31)14-4-8-16(29-3)9-5-14/h4-11H,12-13H2,1-3H3,(H,22,27)(H,24,31). The van der Waals surface area contributed by atoms with E-state index in [9.17, 15) is 9.59 Å². The fourth-order valence-corrected chi connectivity index (χ4v) is 2.87. The van der Waals surface area contributed by atoms with Gasteiger partial charge in [-0.25, -0.2) is 0 Å². The number of likely N-dealkylation sites (N-methyl/N-ethyl adjacent to an activating group) is 1. The van der Waals surface area contributed by atoms with Gasteiger partial charge in [-0.15, -0.1) is 0 Å². The van der Waals surface area contributed by atoms with Gasteiger partial charge in [-0.1, -0.05) is 0 Å². The molecule has 0 aliphatic heterocycles. The van der Waals surface area contributed by atoms with Crippen LogP contribution in [0.5, 0.6) is 11.5 Å². The summed E-state index contributed by atoms with van der Waals surface area (Å²) in [7, 11) is 4.92. The molecule has 1 heterocycles. The molecule has 0 aliphatic carbocycles. The Bertz CT molecular complexity index is 1100. The molecule has 9 nitrogen and oxygen atoms in total. The number of hydrogen-bond acceptors (Lipinski definition) is 6. The van der Waals surface area contributed by atoms with Crippen LogP contribution < -0.4 is 14.8 Å². The predicted molar refractivity (Wildman–Crippen MR) is 119 cm³/mol. The number of carbonyl (C=O) groups excluding carboxylic acids is 2. The molecule has 162 valence electrons. The Labute approximate surface area is 184 Å². The lowest BCUT2D eigenvalue weighted by Crippen LogP contribution is -2.27. The third-order valence-corrected chi connectivity index (χ3v) is 4.72. The van der Waals surface area contributed by atoms with Gasteiger partial charge in [0.15, 0.2) is 17.2 Å². The van der Waals surface area contributed by atoms with Crippen LogP contribution >= 0.6 is 12.2 Å². The zero-order valence-corrected chi connectivity index (χ0v) is 18.2. The number of methoxy groups -OCH3 is 1. The van der Waals surface area contributed by atoms with E-state index < -0.39 is 0 Å². The van der Waals surface area contributed by atoms with E-state index in [0.29, 0.717) is 22.0 Å². The number of nitrogens with one attached hydrogen (secondary N) is 2. The van der Waals surface area contributed by atoms with Crippen LogP contribution in [0.1, 0.15) is 0 Å². The van der Waals surface area contributed by atoms with Crippen LogP contribution in [0.15, 0.2) is 48.5 Å². The number of aromatic amines is 1. The molecule has 31 heavy (non-hydrogen) atoms. The summed E-state index contributed by atoms with van der Waals surface area (Å²) >= 11 is 5.28. The fraction of sp³-hybridized carbons (Fsp3) is 0.238. The van der Waals surface area contributed by atoms with Crippen LogP contribution in [0.3, 0.4) is 0 Å². The van der Waals surface area contributed by atoms with Crippen molar-refractivity contribution >= 4 is 29.7 Å². The molecular formula is C21H23N5O4S. The van der Waals surface area contributed by atoms with Crippen LogP contribution in [0.4, 0.5) is 5.69 Å². The average molecular weight is 442 g/mol. The first-order valence-electron chi connectivity index (χ1n) is 9.40. The number of carbonyl (C=O) groups is 2. The average Bonchev–Trinajstić information content (AvgIpc) is 3.13. The summed E-state index contributed by atoms with van der Waals surface area (Å²) in [6.07, 6.45) is 0. The minimum Gasteiger partial charge on any atom is -0.497 e. The molecule has 2 amide bonds. The summed E-state index contributed by atoms with van der Waals surface area (Å²) in [6, 6.07) is 14.1. The lowest BCUT2D eigenvalue weighted by Gasteiger charge is -2.12. The van der Waals surface area contributed by atoms with E-state index in [1.54, 1.807) is 50.0 Å². The van der Waals surface area contributed by atoms with Gasteiger partial charge in [-0.3, -0.25) is 19.3 Å². The number of anilines is 1. The highest BCUT2D eigenvalue weighted by Gasteiger charge is 2.13. The molecule has 0 fully saturated rings. The van der Waals surface area contributed by atoms with Crippen molar-refractivity contribution in [3.8, 4) is 22.9 Å². The quantitative estimate of drug-likeness (QED) is 0.521. The van der Waals surface area contributed by atoms with Gasteiger partial charge in [-0.05, 0) is 60.7 Å². The van der Waals surface area contributed by atoms with Crippen LogP contribution in [-0.2, 0) is 16.1 Å². The second kappa shape index (κ2) is 9.90. The largest absolute Gasteiger partial charge is 0.497 e. The molecule has 2 aromatic carbocycles. The van der Waals surface area contributed by atoms with E-state index in [0.717, 1.165) is 11.3 Å². The van der Waals surface area contributed by atoms with E-state index in [2.05, 4.69) is 15.5 Å². The van der Waals surface area contributed by atoms with Gasteiger partial charge >= 0.3 is 0 Å². The van der Waals surface area contributed by atoms with Gasteiger partial charge in [0.05, 0.1) is 7.11 Å². The lowest BCUT2D eigenvalue weighted by molar-refractivity contribution is -0.130. The molecule has 0 radical (unpaired) electrons. The molecule has 0 saturated carbocycles. The zero-order chi connectivity index (χ0) is 22.4. The fourth-order valence-electron chi connectivity index (χ4n) is 2.68. The number of benzene rings is 2. The number of H-pyrrole nitrogens is 1. The van der Waals surface area contributed by atoms with Gasteiger partial charge in [0.25, 0.3) is 5.91 Å². The van der Waals surface area contributed by atoms with Crippen molar-refractivity contribution < 1.29 is 19.1 Å². The Morgan fingerprint density at radius 3 is 2.35 bits per heavy atom. The maximum atomic E-state index is 12.6. The van der Waals surface area contributed by atoms with Crippen molar-refractivity contribution in [3.63, 3.8) is 0 Å². The number of hydrogen-bond donors (Lipinski definition) is 2. The normalized spacial score (nSPS) is 10.4. The molecule has 10 heteroatoms. The van der Waals surface area contributed by atoms with E-state index in [1.807, 2.05) is 24.3 Å². The van der Waals surface area contributed by atoms with Crippen molar-refractivity contribution in [3.05, 3.63) is 53.3 Å². The summed E-state index contributed by atoms with van der Waals surface area (Å²) < 4.78 is 12.6. The van der Waals surface area contributed by atoms with E-state index >= 15 is 0 Å². The van der Waals surface area contributed by atoms with Crippen LogP contribution in [0.2, 0.25) is 0 Å². The van der Waals surface area contributed by atoms with E-state index in [-0.39, 0.29) is 25.0 Å². The Morgan fingerprint density at radius 2 is 1.74 bits per heavy atom. The van der Waals surface area contributed by atoms with Gasteiger partial charge in [-0.2, -0.15) is 5.10 Å². The van der Waals surface area contributed by atoms with Gasteiger partial charge in [0.2, 0.25) is 5.91 Å². The molecule has 0 saturated heterocycles. The SMILES string of the molecule is COc1ccc(-c2n[nH]c(=S)n2CC(=O)Nc2ccc(OCC(=O)N(C)C)cc2)cc1. The van der Waals surface area contributed by atoms with Crippen molar-refractivity contribution in [1.82, 2.24) is 19.7 Å². The number of ether oxygens (including phenoxy) is 2. The molecule has 2 N–H and O–H groups in total. The van der Waals surface area contributed by atoms with E-state index in [4.69, 9.17) is 21.7 Å². The molecule has 1 aromatic heterocycles. The zero-order valence-electron chi connectivity index (χ0n) is 17.4. The number of aromatic nitrogens is 3. The minimum atomic E-state index is -0.260. The van der Waals surface area contributed by atoms with Crippen molar-refractivity contribution in [2.75, 3.05) is 33.1 Å². The maximum absolute atomic E-state index is 12.6. The summed E-state index contributed by atoms with van der Waals surface area (Å²) in [5, 5.41) is 9.78. The number of amides is 2. The molecule has 3 rings (SSSR count). The summed E-state index contributed by atoms with van der Waals surface area (Å²) in [4.78, 5) is 25.6. The van der Waals surface area contributed by atoms with Crippen LogP contribution in [0.25, 0.3) is 11.4 Å². The maximum Gasteiger partial charge on any atom is 0.259 e. The van der Waals surface area contributed by atoms with E-state index in [1.165, 1.54) is 4.90 Å². The summed E-state index contributed by atoms with van der Waals surface area (Å²) in [5.41, 5.74) is 1.40. The third kappa shape index (κ3) is 5.70. The first-order valence-corrected chi connectivity index (χ1v) is 9.80. The Kier molecular flexibility index (Phi) is 7.03. The second-order valence-electron chi connectivity index (χ2n) is 6.82. The van der Waals surface area contributed by atoms with Gasteiger partial charge in [0, 0.05) is 25.3 Å². The summed E-state index contributed by atoms with van der Waals surface area (Å²) in [5.74, 6) is 1.41. The Hall–Kier alpha value is -3.66. The lowest BCUT2D eigenvalue weighted by atomic mass is 10.2. The first kappa shape index (κ1) is 22.0. The monoisotopic (exact) mass is 441 g/mol. The molecule has 0 unspecified atom stereocenters. The van der Waals surface area contributed by atoms with Crippen LogP contribution in [0, 0.1) is 4.77 Å². The molecule has 0 aliphatic rings. The van der Waals surface area contributed by atoms with Crippen molar-refractivity contribution in [1.29, 1.82) is 0 Å². The van der Waals surface area contributed by atoms with Crippen molar-refractivity contribution in [2.45, 2.75) is 6.54 Å². The van der Waals surface area contributed by atoms with Crippen LogP contribution in [-0.4, -0.2) is 59.3 Å².